The van der Waals surface area contributed by atoms with Gasteiger partial charge in [-0.05, 0) is 24.0 Å². The number of carboxylic acid groups (broad SMARTS) is 1. The third-order valence-electron chi connectivity index (χ3n) is 3.91. The lowest BCUT2D eigenvalue weighted by Gasteiger charge is -2.27. The Kier molecular flexibility index (Phi) is 3.34. The number of benzene rings is 1. The van der Waals surface area contributed by atoms with E-state index in [2.05, 4.69) is 10.1 Å². The molecule has 0 bridgehead atoms. The molecule has 1 aromatic heterocycles. The van der Waals surface area contributed by atoms with Gasteiger partial charge in [0.15, 0.2) is 6.04 Å². The van der Waals surface area contributed by atoms with E-state index in [-0.39, 0.29) is 11.9 Å². The molecule has 110 valence electrons. The Hall–Kier alpha value is -2.41. The van der Waals surface area contributed by atoms with Crippen LogP contribution in [0.25, 0.3) is 0 Å². The van der Waals surface area contributed by atoms with Gasteiger partial charge < -0.3 is 16.6 Å². The van der Waals surface area contributed by atoms with E-state index in [0.29, 0.717) is 25.2 Å². The van der Waals surface area contributed by atoms with Gasteiger partial charge in [0.2, 0.25) is 5.95 Å². The summed E-state index contributed by atoms with van der Waals surface area (Å²) in [5.41, 5.74) is 13.4. The predicted octanol–water partition coefficient (Wildman–Crippen LogP) is 0.870. The largest absolute Gasteiger partial charge is 0.480 e. The summed E-state index contributed by atoms with van der Waals surface area (Å²) in [5.74, 6) is -0.163. The molecule has 0 radical (unpaired) electrons. The second-order valence-corrected chi connectivity index (χ2v) is 5.20. The van der Waals surface area contributed by atoms with E-state index in [1.165, 1.54) is 4.68 Å². The van der Waals surface area contributed by atoms with Crippen LogP contribution < -0.4 is 11.5 Å². The number of hydrogen-bond donors (Lipinski definition) is 3. The van der Waals surface area contributed by atoms with Gasteiger partial charge in [-0.3, -0.25) is 0 Å². The number of anilines is 1. The molecule has 1 aliphatic rings. The minimum Gasteiger partial charge on any atom is -0.480 e. The summed E-state index contributed by atoms with van der Waals surface area (Å²) in [4.78, 5) is 15.5. The highest BCUT2D eigenvalue weighted by molar-refractivity contribution is 5.72. The van der Waals surface area contributed by atoms with Crippen LogP contribution in [0.4, 0.5) is 5.95 Å². The number of aromatic nitrogens is 3. The summed E-state index contributed by atoms with van der Waals surface area (Å²) in [7, 11) is 0. The average Bonchev–Trinajstić information content (AvgIpc) is 2.87. The Morgan fingerprint density at radius 3 is 2.67 bits per heavy atom. The molecule has 0 fully saturated rings. The van der Waals surface area contributed by atoms with E-state index in [0.717, 1.165) is 11.1 Å². The van der Waals surface area contributed by atoms with Crippen molar-refractivity contribution in [2.24, 2.45) is 5.73 Å². The van der Waals surface area contributed by atoms with Gasteiger partial charge in [0.25, 0.3) is 0 Å². The standard InChI is InChI=1S/C14H17N5O2/c15-7-8-1-3-9(4-2-8)10-5-6-11(13(20)21)19-12(10)17-14(16)18-19/h1-4,10-11H,5-7,15H2,(H2,16,18)(H,20,21). The molecule has 2 atom stereocenters. The molecule has 3 rings (SSSR count). The van der Waals surface area contributed by atoms with Crippen molar-refractivity contribution in [1.82, 2.24) is 14.8 Å². The quantitative estimate of drug-likeness (QED) is 0.770. The van der Waals surface area contributed by atoms with Gasteiger partial charge in [-0.1, -0.05) is 24.3 Å². The fourth-order valence-electron chi connectivity index (χ4n) is 2.83. The highest BCUT2D eigenvalue weighted by Crippen LogP contribution is 2.37. The summed E-state index contributed by atoms with van der Waals surface area (Å²) in [5, 5.41) is 13.3. The van der Waals surface area contributed by atoms with Crippen LogP contribution in [-0.4, -0.2) is 25.8 Å². The molecule has 0 aliphatic carbocycles. The van der Waals surface area contributed by atoms with Crippen LogP contribution in [0.2, 0.25) is 0 Å². The molecule has 0 spiro atoms. The molecule has 7 nitrogen and oxygen atoms in total. The van der Waals surface area contributed by atoms with Crippen molar-refractivity contribution in [2.75, 3.05) is 5.73 Å². The number of rotatable bonds is 3. The van der Waals surface area contributed by atoms with Crippen LogP contribution >= 0.6 is 0 Å². The zero-order valence-corrected chi connectivity index (χ0v) is 11.4. The average molecular weight is 287 g/mol. The lowest BCUT2D eigenvalue weighted by molar-refractivity contribution is -0.141. The number of hydrogen-bond acceptors (Lipinski definition) is 5. The first-order chi connectivity index (χ1) is 10.1. The maximum Gasteiger partial charge on any atom is 0.328 e. The number of carboxylic acids is 1. The third kappa shape index (κ3) is 2.36. The summed E-state index contributed by atoms with van der Waals surface area (Å²) in [6.45, 7) is 0.495. The number of fused-ring (bicyclic) bond motifs is 1. The van der Waals surface area contributed by atoms with Crippen LogP contribution in [0.15, 0.2) is 24.3 Å². The third-order valence-corrected chi connectivity index (χ3v) is 3.91. The highest BCUT2D eigenvalue weighted by atomic mass is 16.4. The lowest BCUT2D eigenvalue weighted by Crippen LogP contribution is -2.28. The SMILES string of the molecule is NCc1ccc(C2CCC(C(=O)O)n3nc(N)nc32)cc1. The van der Waals surface area contributed by atoms with Crippen LogP contribution in [-0.2, 0) is 11.3 Å². The van der Waals surface area contributed by atoms with E-state index >= 15 is 0 Å². The van der Waals surface area contributed by atoms with Crippen LogP contribution in [0.5, 0.6) is 0 Å². The van der Waals surface area contributed by atoms with Gasteiger partial charge in [-0.25, -0.2) is 9.48 Å². The van der Waals surface area contributed by atoms with Crippen LogP contribution in [0.1, 0.15) is 41.8 Å². The van der Waals surface area contributed by atoms with E-state index in [4.69, 9.17) is 11.5 Å². The summed E-state index contributed by atoms with van der Waals surface area (Å²) >= 11 is 0. The molecular weight excluding hydrogens is 270 g/mol. The smallest absolute Gasteiger partial charge is 0.328 e. The molecule has 0 saturated heterocycles. The zero-order chi connectivity index (χ0) is 15.0. The molecule has 2 aromatic rings. The number of carbonyl (C=O) groups is 1. The summed E-state index contributed by atoms with van der Waals surface area (Å²) in [6.07, 6.45) is 1.21. The van der Waals surface area contributed by atoms with Crippen molar-refractivity contribution in [3.05, 3.63) is 41.2 Å². The Balaban J connectivity index is 2.00. The van der Waals surface area contributed by atoms with Gasteiger partial charge in [0, 0.05) is 12.5 Å². The maximum atomic E-state index is 11.3. The molecule has 2 unspecified atom stereocenters. The molecule has 5 N–H and O–H groups in total. The molecule has 0 amide bonds. The molecular formula is C14H17N5O2. The first-order valence-electron chi connectivity index (χ1n) is 6.83. The minimum absolute atomic E-state index is 0.0113. The fraction of sp³-hybridized carbons (Fsp3) is 0.357. The van der Waals surface area contributed by atoms with Crippen molar-refractivity contribution in [2.45, 2.75) is 31.3 Å². The second kappa shape index (κ2) is 5.17. The summed E-state index contributed by atoms with van der Waals surface area (Å²) in [6, 6.07) is 7.27. The van der Waals surface area contributed by atoms with Gasteiger partial charge in [-0.2, -0.15) is 4.98 Å². The Morgan fingerprint density at radius 2 is 2.05 bits per heavy atom. The second-order valence-electron chi connectivity index (χ2n) is 5.20. The maximum absolute atomic E-state index is 11.3. The summed E-state index contributed by atoms with van der Waals surface area (Å²) < 4.78 is 1.45. The molecule has 7 heteroatoms. The number of nitrogen functional groups attached to an aromatic ring is 1. The van der Waals surface area contributed by atoms with E-state index in [1.807, 2.05) is 24.3 Å². The van der Waals surface area contributed by atoms with Gasteiger partial charge in [-0.15, -0.1) is 5.10 Å². The zero-order valence-electron chi connectivity index (χ0n) is 11.4. The van der Waals surface area contributed by atoms with Crippen molar-refractivity contribution in [3.63, 3.8) is 0 Å². The van der Waals surface area contributed by atoms with Crippen molar-refractivity contribution < 1.29 is 9.90 Å². The molecule has 21 heavy (non-hydrogen) atoms. The Bertz CT molecular complexity index is 665. The van der Waals surface area contributed by atoms with Crippen LogP contribution in [0, 0.1) is 0 Å². The van der Waals surface area contributed by atoms with Gasteiger partial charge in [0.05, 0.1) is 0 Å². The number of aliphatic carboxylic acids is 1. The predicted molar refractivity (Wildman–Crippen MR) is 76.5 cm³/mol. The molecule has 0 saturated carbocycles. The van der Waals surface area contributed by atoms with Gasteiger partial charge >= 0.3 is 5.97 Å². The van der Waals surface area contributed by atoms with Gasteiger partial charge in [0.1, 0.15) is 5.82 Å². The highest BCUT2D eigenvalue weighted by Gasteiger charge is 2.34. The minimum atomic E-state index is -0.905. The topological polar surface area (TPSA) is 120 Å². The Morgan fingerprint density at radius 1 is 1.33 bits per heavy atom. The normalized spacial score (nSPS) is 21.0. The van der Waals surface area contributed by atoms with E-state index in [9.17, 15) is 9.90 Å². The van der Waals surface area contributed by atoms with Crippen molar-refractivity contribution in [3.8, 4) is 0 Å². The lowest BCUT2D eigenvalue weighted by atomic mass is 9.88. The molecule has 1 aliphatic heterocycles. The first-order valence-corrected chi connectivity index (χ1v) is 6.83. The van der Waals surface area contributed by atoms with Crippen molar-refractivity contribution >= 4 is 11.9 Å². The fourth-order valence-corrected chi connectivity index (χ4v) is 2.83. The van der Waals surface area contributed by atoms with E-state index in [1.54, 1.807) is 0 Å². The molecule has 1 aromatic carbocycles. The van der Waals surface area contributed by atoms with E-state index < -0.39 is 12.0 Å². The van der Waals surface area contributed by atoms with Crippen molar-refractivity contribution in [1.29, 1.82) is 0 Å². The van der Waals surface area contributed by atoms with Crippen LogP contribution in [0.3, 0.4) is 0 Å². The Labute approximate surface area is 121 Å². The number of nitrogens with zero attached hydrogens (tertiary/aromatic N) is 3. The monoisotopic (exact) mass is 287 g/mol. The molecule has 2 heterocycles. The first kappa shape index (κ1) is 13.6. The number of nitrogens with two attached hydrogens (primary N) is 2.